The maximum atomic E-state index is 15.9. The first-order valence-corrected chi connectivity index (χ1v) is 13.1. The molecule has 37 heavy (non-hydrogen) atoms. The number of nitriles is 1. The Bertz CT molecular complexity index is 1240. The lowest BCUT2D eigenvalue weighted by molar-refractivity contribution is -0.117. The molecule has 3 aliphatic rings. The lowest BCUT2D eigenvalue weighted by atomic mass is 9.83. The topological polar surface area (TPSA) is 117 Å². The zero-order chi connectivity index (χ0) is 26.0. The smallest absolute Gasteiger partial charge is 0.254 e. The average molecular weight is 505 g/mol. The summed E-state index contributed by atoms with van der Waals surface area (Å²) in [4.78, 5) is 26.4. The molecule has 2 aromatic rings. The highest BCUT2D eigenvalue weighted by Crippen LogP contribution is 2.38. The van der Waals surface area contributed by atoms with Gasteiger partial charge in [-0.15, -0.1) is 0 Å². The lowest BCUT2D eigenvalue weighted by Gasteiger charge is -2.43. The van der Waals surface area contributed by atoms with Crippen molar-refractivity contribution in [3.8, 4) is 6.07 Å². The van der Waals surface area contributed by atoms with Crippen LogP contribution in [0.5, 0.6) is 0 Å². The highest BCUT2D eigenvalue weighted by atomic mass is 19.1. The van der Waals surface area contributed by atoms with Gasteiger partial charge in [0, 0.05) is 31.7 Å². The quantitative estimate of drug-likeness (QED) is 0.560. The van der Waals surface area contributed by atoms with Gasteiger partial charge in [-0.05, 0) is 61.6 Å². The number of carbonyl (C=O) groups excluding carboxylic acids is 2. The van der Waals surface area contributed by atoms with E-state index in [0.29, 0.717) is 19.5 Å². The van der Waals surface area contributed by atoms with Gasteiger partial charge in [-0.1, -0.05) is 30.3 Å². The molecule has 2 unspecified atom stereocenters. The van der Waals surface area contributed by atoms with Crippen molar-refractivity contribution in [2.24, 2.45) is 11.7 Å². The molecule has 2 atom stereocenters. The molecular formula is C28H33FN6O2. The number of hydrogen-bond acceptors (Lipinski definition) is 5. The van der Waals surface area contributed by atoms with E-state index in [-0.39, 0.29) is 36.2 Å². The van der Waals surface area contributed by atoms with Gasteiger partial charge in [0.05, 0.1) is 12.5 Å². The molecule has 5 rings (SSSR count). The van der Waals surface area contributed by atoms with Gasteiger partial charge in [0.2, 0.25) is 5.91 Å². The number of hydrogen-bond donors (Lipinski definition) is 2. The molecule has 1 saturated carbocycles. The van der Waals surface area contributed by atoms with Crippen LogP contribution in [0, 0.1) is 17.2 Å². The van der Waals surface area contributed by atoms with E-state index < -0.39 is 17.6 Å². The van der Waals surface area contributed by atoms with E-state index in [1.165, 1.54) is 34.9 Å². The van der Waals surface area contributed by atoms with E-state index in [9.17, 15) is 14.9 Å². The largest absolute Gasteiger partial charge is 0.365 e. The molecule has 2 amide bonds. The fourth-order valence-electron chi connectivity index (χ4n) is 5.44. The Morgan fingerprint density at radius 3 is 2.65 bits per heavy atom. The third-order valence-corrected chi connectivity index (χ3v) is 7.90. The van der Waals surface area contributed by atoms with Gasteiger partial charge in [0.25, 0.3) is 5.91 Å². The predicted octanol–water partition coefficient (Wildman–Crippen LogP) is 4.14. The van der Waals surface area contributed by atoms with Crippen molar-refractivity contribution in [2.75, 3.05) is 18.4 Å². The van der Waals surface area contributed by atoms with Gasteiger partial charge in [-0.2, -0.15) is 10.4 Å². The summed E-state index contributed by atoms with van der Waals surface area (Å²) in [6.07, 6.45) is 8.86. The zero-order valence-corrected chi connectivity index (χ0v) is 21.0. The number of rotatable bonds is 8. The highest BCUT2D eigenvalue weighted by Gasteiger charge is 2.47. The van der Waals surface area contributed by atoms with Crippen molar-refractivity contribution in [1.82, 2.24) is 14.7 Å². The van der Waals surface area contributed by atoms with Gasteiger partial charge < -0.3 is 11.1 Å². The summed E-state index contributed by atoms with van der Waals surface area (Å²) in [6, 6.07) is 10.6. The maximum Gasteiger partial charge on any atom is 0.254 e. The van der Waals surface area contributed by atoms with Crippen LogP contribution in [0.15, 0.2) is 36.5 Å². The number of likely N-dealkylation sites (tertiary alicyclic amines) is 1. The first-order valence-electron chi connectivity index (χ1n) is 13.1. The van der Waals surface area contributed by atoms with Gasteiger partial charge in [-0.25, -0.2) is 4.39 Å². The predicted molar refractivity (Wildman–Crippen MR) is 138 cm³/mol. The summed E-state index contributed by atoms with van der Waals surface area (Å²) in [6.45, 7) is 1.30. The minimum atomic E-state index is -1.40. The Balaban J connectivity index is 1.31. The molecule has 9 heteroatoms. The number of nitrogens with two attached hydrogens (primary N) is 1. The van der Waals surface area contributed by atoms with E-state index >= 15 is 4.39 Å². The Kier molecular flexibility index (Phi) is 7.11. The Morgan fingerprint density at radius 2 is 2.03 bits per heavy atom. The summed E-state index contributed by atoms with van der Waals surface area (Å²) >= 11 is 0. The number of aromatic nitrogens is 2. The average Bonchev–Trinajstić information content (AvgIpc) is 3.67. The standard InChI is InChI=1S/C28H33FN6O2/c29-24-18-34(16-19-6-8-21(9-7-19)20-4-2-1-3-5-20)15-13-28(24,12-14-30)35-17-23(25(31)36)26(33-35)32-27(37)22-10-11-22/h4,6-9,17,22,24H,1-3,5,10-13,15-16,18H2,(H2,31,36)(H,32,33,37). The molecule has 2 fully saturated rings. The van der Waals surface area contributed by atoms with Crippen molar-refractivity contribution >= 4 is 23.2 Å². The molecular weight excluding hydrogens is 471 g/mol. The summed E-state index contributed by atoms with van der Waals surface area (Å²) in [5.74, 6) is -1.04. The molecule has 2 aliphatic carbocycles. The summed E-state index contributed by atoms with van der Waals surface area (Å²) in [7, 11) is 0. The number of nitrogens with zero attached hydrogens (tertiary/aromatic N) is 4. The molecule has 0 radical (unpaired) electrons. The molecule has 2 heterocycles. The Morgan fingerprint density at radius 1 is 1.24 bits per heavy atom. The molecule has 0 spiro atoms. The van der Waals surface area contributed by atoms with E-state index in [4.69, 9.17) is 5.73 Å². The van der Waals surface area contributed by atoms with Crippen LogP contribution in [0.4, 0.5) is 10.2 Å². The second-order valence-electron chi connectivity index (χ2n) is 10.5. The van der Waals surface area contributed by atoms with Gasteiger partial charge in [-0.3, -0.25) is 19.2 Å². The number of halogens is 1. The second kappa shape index (κ2) is 10.5. The fourth-order valence-corrected chi connectivity index (χ4v) is 5.44. The minimum absolute atomic E-state index is 0.0223. The summed E-state index contributed by atoms with van der Waals surface area (Å²) < 4.78 is 17.3. The number of alkyl halides is 1. The monoisotopic (exact) mass is 504 g/mol. The molecule has 8 nitrogen and oxygen atoms in total. The second-order valence-corrected chi connectivity index (χ2v) is 10.5. The highest BCUT2D eigenvalue weighted by molar-refractivity contribution is 6.02. The van der Waals surface area contributed by atoms with Crippen molar-refractivity contribution < 1.29 is 14.0 Å². The van der Waals surface area contributed by atoms with Crippen molar-refractivity contribution in [1.29, 1.82) is 5.26 Å². The van der Waals surface area contributed by atoms with Crippen LogP contribution >= 0.6 is 0 Å². The number of anilines is 1. The minimum Gasteiger partial charge on any atom is -0.365 e. The third kappa shape index (κ3) is 5.30. The molecule has 194 valence electrons. The molecule has 0 bridgehead atoms. The van der Waals surface area contributed by atoms with Crippen LogP contribution in [0.3, 0.4) is 0 Å². The van der Waals surface area contributed by atoms with E-state index in [2.05, 4.69) is 46.8 Å². The van der Waals surface area contributed by atoms with E-state index in [0.717, 1.165) is 31.2 Å². The lowest BCUT2D eigenvalue weighted by Crippen LogP contribution is -2.54. The first-order chi connectivity index (χ1) is 17.9. The van der Waals surface area contributed by atoms with Crippen molar-refractivity contribution in [2.45, 2.75) is 69.6 Å². The van der Waals surface area contributed by atoms with Crippen molar-refractivity contribution in [3.63, 3.8) is 0 Å². The third-order valence-electron chi connectivity index (χ3n) is 7.90. The Labute approximate surface area is 216 Å². The number of piperidine rings is 1. The number of primary amides is 1. The number of carbonyl (C=O) groups is 2. The van der Waals surface area contributed by atoms with Gasteiger partial charge in [0.1, 0.15) is 17.3 Å². The van der Waals surface area contributed by atoms with Crippen LogP contribution in [-0.2, 0) is 16.9 Å². The van der Waals surface area contributed by atoms with E-state index in [1.807, 2.05) is 4.90 Å². The number of nitrogens with one attached hydrogen (secondary N) is 1. The zero-order valence-electron chi connectivity index (χ0n) is 21.0. The molecule has 1 aromatic carbocycles. The van der Waals surface area contributed by atoms with Crippen LogP contribution in [-0.4, -0.2) is 45.8 Å². The van der Waals surface area contributed by atoms with Gasteiger partial charge in [0.15, 0.2) is 5.82 Å². The fraction of sp³-hybridized carbons (Fsp3) is 0.500. The van der Waals surface area contributed by atoms with Crippen LogP contribution < -0.4 is 11.1 Å². The summed E-state index contributed by atoms with van der Waals surface area (Å²) in [5.41, 5.74) is 8.08. The maximum absolute atomic E-state index is 15.9. The molecule has 3 N–H and O–H groups in total. The normalized spacial score (nSPS) is 24.2. The molecule has 1 aromatic heterocycles. The first kappa shape index (κ1) is 25.2. The number of benzene rings is 1. The van der Waals surface area contributed by atoms with Crippen LogP contribution in [0.25, 0.3) is 5.57 Å². The van der Waals surface area contributed by atoms with Crippen LogP contribution in [0.1, 0.15) is 72.9 Å². The molecule has 1 saturated heterocycles. The summed E-state index contributed by atoms with van der Waals surface area (Å²) in [5, 5.41) is 16.6. The van der Waals surface area contributed by atoms with Gasteiger partial charge >= 0.3 is 0 Å². The van der Waals surface area contributed by atoms with E-state index in [1.54, 1.807) is 0 Å². The Hall–Kier alpha value is -3.51. The number of allylic oxidation sites excluding steroid dienone is 2. The molecule has 1 aliphatic heterocycles. The number of amides is 2. The SMILES string of the molecule is N#CCC1(n2cc(C(N)=O)c(NC(=O)C3CC3)n2)CCN(Cc2ccc(C3=CCCCC3)cc2)CC1F. The van der Waals surface area contributed by atoms with Crippen LogP contribution in [0.2, 0.25) is 0 Å². The van der Waals surface area contributed by atoms with Crippen molar-refractivity contribution in [3.05, 3.63) is 53.2 Å².